The molecule has 0 saturated carbocycles. The maximum absolute atomic E-state index is 13.3. The minimum absolute atomic E-state index is 0.118. The fourth-order valence-corrected chi connectivity index (χ4v) is 4.65. The fourth-order valence-electron chi connectivity index (χ4n) is 4.65. The highest BCUT2D eigenvalue weighted by Gasteiger charge is 2.67. The molecule has 2 fully saturated rings. The van der Waals surface area contributed by atoms with Gasteiger partial charge in [-0.2, -0.15) is 15.2 Å². The lowest BCUT2D eigenvalue weighted by Crippen LogP contribution is -2.54. The van der Waals surface area contributed by atoms with Crippen LogP contribution in [-0.4, -0.2) is 34.6 Å². The number of benzene rings is 2. The number of anilines is 2. The van der Waals surface area contributed by atoms with Gasteiger partial charge < -0.3 is 0 Å². The highest BCUT2D eigenvalue weighted by molar-refractivity contribution is 6.24. The van der Waals surface area contributed by atoms with Gasteiger partial charge in [0.25, 0.3) is 0 Å². The van der Waals surface area contributed by atoms with Crippen molar-refractivity contribution in [1.29, 1.82) is 0 Å². The molecule has 0 unspecified atom stereocenters. The van der Waals surface area contributed by atoms with E-state index in [0.29, 0.717) is 12.2 Å². The first-order valence-electron chi connectivity index (χ1n) is 9.15. The van der Waals surface area contributed by atoms with E-state index >= 15 is 0 Å². The van der Waals surface area contributed by atoms with E-state index in [4.69, 9.17) is 5.10 Å². The smallest absolute Gasteiger partial charge is 0.240 e. The zero-order valence-corrected chi connectivity index (χ0v) is 15.2. The highest BCUT2D eigenvalue weighted by atomic mass is 16.2. The number of fused-ring (bicyclic) bond motifs is 3. The van der Waals surface area contributed by atoms with Gasteiger partial charge in [-0.15, -0.1) is 0 Å². The van der Waals surface area contributed by atoms with Gasteiger partial charge in [0.1, 0.15) is 0 Å². The standard InChI is InChI=1S/C21H20N4O2/c1-14-21(2)18-17(13-23(21)25(22-14)16-11-7-4-8-12-16)19(26)24(20(18)27)15-9-5-3-6-10-15/h3-12,17-18H,13H2,1-2H3/t17-,18+,21+/m0/s1. The fraction of sp³-hybridized carbons (Fsp3) is 0.286. The van der Waals surface area contributed by atoms with Gasteiger partial charge >= 0.3 is 0 Å². The van der Waals surface area contributed by atoms with Crippen molar-refractivity contribution in [3.05, 3.63) is 60.7 Å². The van der Waals surface area contributed by atoms with Gasteiger partial charge in [-0.1, -0.05) is 36.4 Å². The van der Waals surface area contributed by atoms with Crippen molar-refractivity contribution in [2.75, 3.05) is 16.6 Å². The largest absolute Gasteiger partial charge is 0.274 e. The highest BCUT2D eigenvalue weighted by Crippen LogP contribution is 2.50. The minimum atomic E-state index is -0.600. The van der Waals surface area contributed by atoms with Crippen LogP contribution in [0.2, 0.25) is 0 Å². The van der Waals surface area contributed by atoms with Crippen LogP contribution in [0.3, 0.4) is 0 Å². The Morgan fingerprint density at radius 2 is 1.52 bits per heavy atom. The molecule has 27 heavy (non-hydrogen) atoms. The number of hydrogen-bond donors (Lipinski definition) is 0. The lowest BCUT2D eigenvalue weighted by Gasteiger charge is -2.35. The minimum Gasteiger partial charge on any atom is -0.274 e. The van der Waals surface area contributed by atoms with Crippen LogP contribution in [0.25, 0.3) is 0 Å². The Labute approximate surface area is 157 Å². The maximum Gasteiger partial charge on any atom is 0.240 e. The Morgan fingerprint density at radius 3 is 2.15 bits per heavy atom. The SMILES string of the molecule is CC1=NN(c2ccccc2)N2C[C@@H]3C(=O)N(c4ccccc4)C(=O)[C@@H]3[C@@]12C. The van der Waals surface area contributed by atoms with Crippen LogP contribution in [0.15, 0.2) is 65.8 Å². The summed E-state index contributed by atoms with van der Waals surface area (Å²) in [4.78, 5) is 27.8. The van der Waals surface area contributed by atoms with Crippen LogP contribution in [0, 0.1) is 11.8 Å². The number of hydrazine groups is 1. The van der Waals surface area contributed by atoms with Crippen molar-refractivity contribution in [1.82, 2.24) is 5.01 Å². The number of carbonyl (C=O) groups is 2. The van der Waals surface area contributed by atoms with Crippen molar-refractivity contribution >= 4 is 28.9 Å². The van der Waals surface area contributed by atoms with Gasteiger partial charge in [0, 0.05) is 6.54 Å². The molecule has 0 aromatic heterocycles. The normalized spacial score (nSPS) is 29.9. The molecule has 3 atom stereocenters. The Balaban J connectivity index is 1.55. The third-order valence-electron chi connectivity index (χ3n) is 6.15. The molecule has 5 rings (SSSR count). The molecule has 2 amide bonds. The van der Waals surface area contributed by atoms with E-state index in [1.165, 1.54) is 4.90 Å². The summed E-state index contributed by atoms with van der Waals surface area (Å²) in [5, 5.41) is 8.65. The molecule has 3 aliphatic heterocycles. The van der Waals surface area contributed by atoms with Crippen LogP contribution < -0.4 is 10.0 Å². The molecule has 2 aromatic carbocycles. The lowest BCUT2D eigenvalue weighted by molar-refractivity contribution is -0.123. The second-order valence-electron chi connectivity index (χ2n) is 7.47. The number of hydrazone groups is 1. The van der Waals surface area contributed by atoms with Crippen molar-refractivity contribution < 1.29 is 9.59 Å². The number of imide groups is 1. The van der Waals surface area contributed by atoms with Gasteiger partial charge in [0.2, 0.25) is 11.8 Å². The molecular formula is C21H20N4O2. The third-order valence-corrected chi connectivity index (χ3v) is 6.15. The second-order valence-corrected chi connectivity index (χ2v) is 7.47. The molecule has 6 nitrogen and oxygen atoms in total. The van der Waals surface area contributed by atoms with Gasteiger partial charge in [-0.3, -0.25) is 9.59 Å². The van der Waals surface area contributed by atoms with E-state index in [9.17, 15) is 9.59 Å². The summed E-state index contributed by atoms with van der Waals surface area (Å²) in [5.41, 5.74) is 1.83. The lowest BCUT2D eigenvalue weighted by atomic mass is 9.80. The molecule has 0 aliphatic carbocycles. The topological polar surface area (TPSA) is 56.2 Å². The predicted molar refractivity (Wildman–Crippen MR) is 103 cm³/mol. The van der Waals surface area contributed by atoms with Gasteiger partial charge in [-0.25, -0.2) is 4.90 Å². The molecule has 0 bridgehead atoms. The summed E-state index contributed by atoms with van der Waals surface area (Å²) in [6, 6.07) is 19.0. The van der Waals surface area contributed by atoms with Crippen LogP contribution in [0.4, 0.5) is 11.4 Å². The zero-order chi connectivity index (χ0) is 18.8. The molecule has 136 valence electrons. The summed E-state index contributed by atoms with van der Waals surface area (Å²) in [6.07, 6.45) is 0. The number of carbonyl (C=O) groups excluding carboxylic acids is 2. The molecule has 0 N–H and O–H groups in total. The van der Waals surface area contributed by atoms with Crippen molar-refractivity contribution in [3.8, 4) is 0 Å². The van der Waals surface area contributed by atoms with Crippen molar-refractivity contribution in [3.63, 3.8) is 0 Å². The quantitative estimate of drug-likeness (QED) is 0.773. The van der Waals surface area contributed by atoms with Gasteiger partial charge in [0.05, 0.1) is 34.5 Å². The van der Waals surface area contributed by atoms with Crippen molar-refractivity contribution in [2.24, 2.45) is 16.9 Å². The van der Waals surface area contributed by atoms with Crippen LogP contribution >= 0.6 is 0 Å². The number of para-hydroxylation sites is 2. The average Bonchev–Trinajstić information content (AvgIpc) is 3.23. The number of amides is 2. The Morgan fingerprint density at radius 1 is 0.926 bits per heavy atom. The summed E-state index contributed by atoms with van der Waals surface area (Å²) >= 11 is 0. The average molecular weight is 360 g/mol. The van der Waals surface area contributed by atoms with E-state index in [1.807, 2.05) is 79.6 Å². The molecule has 3 aliphatic rings. The summed E-state index contributed by atoms with van der Waals surface area (Å²) in [6.45, 7) is 4.45. The van der Waals surface area contributed by atoms with Crippen LogP contribution in [-0.2, 0) is 9.59 Å². The molecule has 2 saturated heterocycles. The number of hydrogen-bond acceptors (Lipinski definition) is 5. The van der Waals surface area contributed by atoms with E-state index in [-0.39, 0.29) is 17.7 Å². The van der Waals surface area contributed by atoms with E-state index in [2.05, 4.69) is 5.01 Å². The monoisotopic (exact) mass is 360 g/mol. The first-order chi connectivity index (χ1) is 13.0. The Bertz CT molecular complexity index is 959. The molecule has 6 heteroatoms. The molecule has 3 heterocycles. The molecule has 2 aromatic rings. The molecular weight excluding hydrogens is 340 g/mol. The molecule has 0 radical (unpaired) electrons. The van der Waals surface area contributed by atoms with E-state index in [1.54, 1.807) is 0 Å². The Hall–Kier alpha value is -2.99. The first kappa shape index (κ1) is 16.2. The maximum atomic E-state index is 13.3. The van der Waals surface area contributed by atoms with E-state index < -0.39 is 11.5 Å². The van der Waals surface area contributed by atoms with Gasteiger partial charge in [0.15, 0.2) is 0 Å². The van der Waals surface area contributed by atoms with Crippen molar-refractivity contribution in [2.45, 2.75) is 19.4 Å². The summed E-state index contributed by atoms with van der Waals surface area (Å²) < 4.78 is 0. The van der Waals surface area contributed by atoms with E-state index in [0.717, 1.165) is 11.4 Å². The Kier molecular flexibility index (Phi) is 3.30. The first-order valence-corrected chi connectivity index (χ1v) is 9.15. The molecule has 0 spiro atoms. The number of nitrogens with zero attached hydrogens (tertiary/aromatic N) is 4. The number of rotatable bonds is 2. The predicted octanol–water partition coefficient (Wildman–Crippen LogP) is 2.68. The third kappa shape index (κ3) is 2.01. The summed E-state index contributed by atoms with van der Waals surface area (Å²) in [7, 11) is 0. The zero-order valence-electron chi connectivity index (χ0n) is 15.2. The van der Waals surface area contributed by atoms with Crippen LogP contribution in [0.5, 0.6) is 0 Å². The second kappa shape index (κ2) is 5.50. The van der Waals surface area contributed by atoms with Crippen LogP contribution in [0.1, 0.15) is 13.8 Å². The summed E-state index contributed by atoms with van der Waals surface area (Å²) in [5.74, 6) is -1.04. The van der Waals surface area contributed by atoms with Gasteiger partial charge in [-0.05, 0) is 38.1 Å².